The van der Waals surface area contributed by atoms with E-state index < -0.39 is 11.3 Å². The summed E-state index contributed by atoms with van der Waals surface area (Å²) in [6.45, 7) is 5.89. The van der Waals surface area contributed by atoms with Gasteiger partial charge in [-0.2, -0.15) is 0 Å². The molecule has 0 aromatic heterocycles. The Kier molecular flexibility index (Phi) is 6.51. The highest BCUT2D eigenvalue weighted by Gasteiger charge is 2.32. The zero-order chi connectivity index (χ0) is 21.9. The summed E-state index contributed by atoms with van der Waals surface area (Å²) in [5.41, 5.74) is 3.38. The standard InChI is InChI=1S/C23H26N2O4S/c1-23(2,3)25(4)22(28)29-14-18-12-16(15-8-6-5-7-9-15)10-11-17(18)13-19-20(26)24-21(27)30-19/h5-12,19H,13-14H2,1-4H3,(H,24,26,27). The molecule has 0 saturated carbocycles. The molecule has 7 heteroatoms. The molecule has 1 aliphatic heterocycles. The van der Waals surface area contributed by atoms with Crippen molar-refractivity contribution in [1.29, 1.82) is 0 Å². The average Bonchev–Trinajstić information content (AvgIpc) is 3.03. The van der Waals surface area contributed by atoms with Gasteiger partial charge in [-0.1, -0.05) is 54.2 Å². The van der Waals surface area contributed by atoms with Gasteiger partial charge in [0.15, 0.2) is 0 Å². The van der Waals surface area contributed by atoms with Crippen LogP contribution in [0.4, 0.5) is 9.59 Å². The number of carbonyl (C=O) groups excluding carboxylic acids is 3. The molecule has 158 valence electrons. The maximum absolute atomic E-state index is 12.5. The van der Waals surface area contributed by atoms with Gasteiger partial charge in [-0.05, 0) is 55.5 Å². The minimum atomic E-state index is -0.480. The number of carbonyl (C=O) groups is 3. The number of nitrogens with one attached hydrogen (secondary N) is 1. The molecule has 1 saturated heterocycles. The first-order valence-electron chi connectivity index (χ1n) is 9.74. The first kappa shape index (κ1) is 21.9. The Morgan fingerprint density at radius 1 is 1.07 bits per heavy atom. The molecule has 1 unspecified atom stereocenters. The summed E-state index contributed by atoms with van der Waals surface area (Å²) in [5, 5.41) is 1.51. The summed E-state index contributed by atoms with van der Waals surface area (Å²) >= 11 is 0.995. The number of imide groups is 1. The molecule has 1 N–H and O–H groups in total. The number of hydrogen-bond donors (Lipinski definition) is 1. The monoisotopic (exact) mass is 426 g/mol. The molecule has 0 spiro atoms. The second-order valence-electron chi connectivity index (χ2n) is 8.22. The van der Waals surface area contributed by atoms with Gasteiger partial charge >= 0.3 is 6.09 Å². The predicted molar refractivity (Wildman–Crippen MR) is 118 cm³/mol. The molecule has 3 rings (SSSR count). The van der Waals surface area contributed by atoms with E-state index >= 15 is 0 Å². The molecule has 2 aromatic rings. The maximum Gasteiger partial charge on any atom is 0.410 e. The van der Waals surface area contributed by atoms with E-state index in [1.807, 2.05) is 69.3 Å². The van der Waals surface area contributed by atoms with Crippen molar-refractivity contribution in [2.24, 2.45) is 0 Å². The van der Waals surface area contributed by atoms with E-state index in [2.05, 4.69) is 5.32 Å². The fourth-order valence-corrected chi connectivity index (χ4v) is 3.85. The van der Waals surface area contributed by atoms with Gasteiger partial charge in [0.1, 0.15) is 6.61 Å². The van der Waals surface area contributed by atoms with E-state index in [1.165, 1.54) is 0 Å². The highest BCUT2D eigenvalue weighted by atomic mass is 32.2. The van der Waals surface area contributed by atoms with Crippen molar-refractivity contribution in [2.75, 3.05) is 7.05 Å². The van der Waals surface area contributed by atoms with Crippen molar-refractivity contribution in [2.45, 2.75) is 44.6 Å². The molecule has 30 heavy (non-hydrogen) atoms. The Morgan fingerprint density at radius 3 is 2.37 bits per heavy atom. The van der Waals surface area contributed by atoms with Crippen LogP contribution in [0.15, 0.2) is 48.5 Å². The van der Waals surface area contributed by atoms with Crippen LogP contribution in [0.1, 0.15) is 31.9 Å². The SMILES string of the molecule is CN(C(=O)OCc1cc(-c2ccccc2)ccc1CC1SC(=O)NC1=O)C(C)(C)C. The van der Waals surface area contributed by atoms with Crippen molar-refractivity contribution in [3.8, 4) is 11.1 Å². The lowest BCUT2D eigenvalue weighted by atomic mass is 9.97. The number of thioether (sulfide) groups is 1. The van der Waals surface area contributed by atoms with Gasteiger partial charge in [0.25, 0.3) is 5.24 Å². The Balaban J connectivity index is 1.85. The van der Waals surface area contributed by atoms with E-state index in [0.29, 0.717) is 6.42 Å². The highest BCUT2D eigenvalue weighted by Crippen LogP contribution is 2.28. The molecular formula is C23H26N2O4S. The topological polar surface area (TPSA) is 75.7 Å². The molecule has 0 bridgehead atoms. The summed E-state index contributed by atoms with van der Waals surface area (Å²) in [6, 6.07) is 15.8. The number of ether oxygens (including phenoxy) is 1. The van der Waals surface area contributed by atoms with Gasteiger partial charge in [0, 0.05) is 12.6 Å². The highest BCUT2D eigenvalue weighted by molar-refractivity contribution is 8.15. The quantitative estimate of drug-likeness (QED) is 0.755. The third kappa shape index (κ3) is 5.21. The second-order valence-corrected chi connectivity index (χ2v) is 9.40. The van der Waals surface area contributed by atoms with Gasteiger partial charge < -0.3 is 9.64 Å². The molecule has 1 aliphatic rings. The summed E-state index contributed by atoms with van der Waals surface area (Å²) in [4.78, 5) is 37.5. The zero-order valence-electron chi connectivity index (χ0n) is 17.6. The molecule has 1 fully saturated rings. The fraction of sp³-hybridized carbons (Fsp3) is 0.348. The van der Waals surface area contributed by atoms with Crippen LogP contribution in [0.25, 0.3) is 11.1 Å². The van der Waals surface area contributed by atoms with Gasteiger partial charge in [0.05, 0.1) is 5.25 Å². The molecule has 0 radical (unpaired) electrons. The Bertz CT molecular complexity index is 953. The molecule has 1 heterocycles. The van der Waals surface area contributed by atoms with Crippen LogP contribution in [0.2, 0.25) is 0 Å². The first-order valence-corrected chi connectivity index (χ1v) is 10.6. The van der Waals surface area contributed by atoms with Crippen LogP contribution in [0.3, 0.4) is 0 Å². The number of rotatable bonds is 5. The van der Waals surface area contributed by atoms with Crippen LogP contribution in [0.5, 0.6) is 0 Å². The Morgan fingerprint density at radius 2 is 1.77 bits per heavy atom. The maximum atomic E-state index is 12.5. The Labute approximate surface area is 181 Å². The average molecular weight is 427 g/mol. The third-order valence-corrected chi connectivity index (χ3v) is 6.10. The number of nitrogens with zero attached hydrogens (tertiary/aromatic N) is 1. The summed E-state index contributed by atoms with van der Waals surface area (Å²) in [6.07, 6.45) is -0.0269. The lowest BCUT2D eigenvalue weighted by Gasteiger charge is -2.31. The van der Waals surface area contributed by atoms with Gasteiger partial charge in [-0.25, -0.2) is 4.79 Å². The van der Waals surface area contributed by atoms with E-state index in [1.54, 1.807) is 11.9 Å². The van der Waals surface area contributed by atoms with Gasteiger partial charge in [-0.3, -0.25) is 14.9 Å². The van der Waals surface area contributed by atoms with Crippen LogP contribution >= 0.6 is 11.8 Å². The van der Waals surface area contributed by atoms with Crippen molar-refractivity contribution >= 4 is 29.0 Å². The van der Waals surface area contributed by atoms with Crippen LogP contribution in [0, 0.1) is 0 Å². The lowest BCUT2D eigenvalue weighted by molar-refractivity contribution is -0.118. The third-order valence-electron chi connectivity index (χ3n) is 5.12. The fourth-order valence-electron chi connectivity index (χ4n) is 3.01. The largest absolute Gasteiger partial charge is 0.445 e. The molecule has 3 amide bonds. The van der Waals surface area contributed by atoms with Crippen LogP contribution in [-0.2, 0) is 22.6 Å². The van der Waals surface area contributed by atoms with Crippen molar-refractivity contribution in [3.05, 3.63) is 59.7 Å². The zero-order valence-corrected chi connectivity index (χ0v) is 18.4. The van der Waals surface area contributed by atoms with E-state index in [9.17, 15) is 14.4 Å². The summed E-state index contributed by atoms with van der Waals surface area (Å²) in [7, 11) is 1.70. The molecular weight excluding hydrogens is 400 g/mol. The number of hydrogen-bond acceptors (Lipinski definition) is 5. The predicted octanol–water partition coefficient (Wildman–Crippen LogP) is 4.61. The molecule has 1 atom stereocenters. The van der Waals surface area contributed by atoms with Crippen molar-refractivity contribution < 1.29 is 19.1 Å². The molecule has 6 nitrogen and oxygen atoms in total. The second kappa shape index (κ2) is 8.92. The van der Waals surface area contributed by atoms with Gasteiger partial charge in [0.2, 0.25) is 5.91 Å². The molecule has 2 aromatic carbocycles. The van der Waals surface area contributed by atoms with Crippen molar-refractivity contribution in [3.63, 3.8) is 0 Å². The number of amides is 3. The number of benzene rings is 2. The normalized spacial score (nSPS) is 16.3. The minimum Gasteiger partial charge on any atom is -0.445 e. The lowest BCUT2D eigenvalue weighted by Crippen LogP contribution is -2.42. The van der Waals surface area contributed by atoms with Crippen LogP contribution < -0.4 is 5.32 Å². The van der Waals surface area contributed by atoms with E-state index in [0.717, 1.165) is 34.0 Å². The van der Waals surface area contributed by atoms with E-state index in [4.69, 9.17) is 4.74 Å². The van der Waals surface area contributed by atoms with E-state index in [-0.39, 0.29) is 23.3 Å². The van der Waals surface area contributed by atoms with Crippen LogP contribution in [-0.4, -0.2) is 40.0 Å². The van der Waals surface area contributed by atoms with Crippen molar-refractivity contribution in [1.82, 2.24) is 10.2 Å². The minimum absolute atomic E-state index is 0.0855. The Hall–Kier alpha value is -2.80. The molecule has 0 aliphatic carbocycles. The first-order chi connectivity index (χ1) is 14.1. The summed E-state index contributed by atoms with van der Waals surface area (Å²) < 4.78 is 5.57. The summed E-state index contributed by atoms with van der Waals surface area (Å²) in [5.74, 6) is -0.285. The smallest absolute Gasteiger partial charge is 0.410 e. The van der Waals surface area contributed by atoms with Gasteiger partial charge in [-0.15, -0.1) is 0 Å².